The molecule has 2 aliphatic carbocycles. The third-order valence-electron chi connectivity index (χ3n) is 14.3. The molecule has 0 radical (unpaired) electrons. The molecule has 3 heteroatoms. The quantitative estimate of drug-likeness (QED) is 0.166. The van der Waals surface area contributed by atoms with E-state index in [0.717, 1.165) is 39.2 Å². The second-order valence-electron chi connectivity index (χ2n) is 17.9. The van der Waals surface area contributed by atoms with Crippen LogP contribution < -0.4 is 0 Å². The van der Waals surface area contributed by atoms with Gasteiger partial charge in [0.05, 0.1) is 16.8 Å². The van der Waals surface area contributed by atoms with E-state index in [1.165, 1.54) is 86.9 Å². The van der Waals surface area contributed by atoms with Gasteiger partial charge in [-0.15, -0.1) is 11.3 Å². The molecule has 10 aromatic carbocycles. The molecule has 68 heavy (non-hydrogen) atoms. The minimum Gasteiger partial charge on any atom is -0.228 e. The largest absolute Gasteiger partial charge is 0.228 e. The zero-order chi connectivity index (χ0) is 44.8. The van der Waals surface area contributed by atoms with Crippen molar-refractivity contribution >= 4 is 31.5 Å². The fraction of sp³-hybridized carbons (Fsp3) is 0.0154. The summed E-state index contributed by atoms with van der Waals surface area (Å²) < 4.78 is 2.57. The van der Waals surface area contributed by atoms with E-state index in [4.69, 9.17) is 9.97 Å². The third-order valence-corrected chi connectivity index (χ3v) is 15.5. The van der Waals surface area contributed by atoms with Crippen LogP contribution in [0.5, 0.6) is 0 Å². The number of hydrogen-bond acceptors (Lipinski definition) is 3. The van der Waals surface area contributed by atoms with Crippen molar-refractivity contribution in [1.29, 1.82) is 0 Å². The molecule has 0 bridgehead atoms. The van der Waals surface area contributed by atoms with E-state index in [0.29, 0.717) is 5.82 Å². The lowest BCUT2D eigenvalue weighted by molar-refractivity contribution is 0.795. The van der Waals surface area contributed by atoms with Crippen molar-refractivity contribution in [1.82, 2.24) is 9.97 Å². The number of benzene rings is 10. The molecule has 0 aliphatic heterocycles. The highest BCUT2D eigenvalue weighted by atomic mass is 32.1. The first-order valence-electron chi connectivity index (χ1n) is 23.3. The molecular formula is C65H40N2S. The average molecular weight is 881 g/mol. The maximum absolute atomic E-state index is 5.58. The Labute approximate surface area is 399 Å². The first-order chi connectivity index (χ1) is 33.7. The lowest BCUT2D eigenvalue weighted by atomic mass is 9.69. The minimum atomic E-state index is -0.537. The number of nitrogens with zero attached hydrogens (tertiary/aromatic N) is 2. The molecule has 0 atom stereocenters. The summed E-state index contributed by atoms with van der Waals surface area (Å²) in [5.74, 6) is 0.690. The lowest BCUT2D eigenvalue weighted by Crippen LogP contribution is -2.26. The van der Waals surface area contributed by atoms with Gasteiger partial charge in [-0.1, -0.05) is 212 Å². The normalized spacial score (nSPS) is 12.8. The van der Waals surface area contributed by atoms with E-state index < -0.39 is 5.41 Å². The zero-order valence-electron chi connectivity index (χ0n) is 36.9. The number of hydrogen-bond donors (Lipinski definition) is 0. The van der Waals surface area contributed by atoms with Crippen LogP contribution in [0, 0.1) is 0 Å². The van der Waals surface area contributed by atoms with Crippen LogP contribution in [0.2, 0.25) is 0 Å². The van der Waals surface area contributed by atoms with Crippen LogP contribution in [0.3, 0.4) is 0 Å². The highest BCUT2D eigenvalue weighted by molar-refractivity contribution is 7.26. The van der Waals surface area contributed by atoms with E-state index in [9.17, 15) is 0 Å². The van der Waals surface area contributed by atoms with Crippen molar-refractivity contribution in [3.05, 3.63) is 265 Å². The molecule has 0 N–H and O–H groups in total. The Balaban J connectivity index is 1.05. The maximum atomic E-state index is 5.58. The van der Waals surface area contributed by atoms with Gasteiger partial charge in [-0.3, -0.25) is 0 Å². The van der Waals surface area contributed by atoms with Crippen molar-refractivity contribution in [3.8, 4) is 89.5 Å². The number of aromatic nitrogens is 2. The van der Waals surface area contributed by atoms with Crippen molar-refractivity contribution < 1.29 is 0 Å². The lowest BCUT2D eigenvalue weighted by Gasteiger charge is -2.32. The summed E-state index contributed by atoms with van der Waals surface area (Å²) in [6.45, 7) is 0. The fourth-order valence-corrected chi connectivity index (χ4v) is 12.7. The molecule has 0 saturated heterocycles. The molecule has 2 heterocycles. The molecule has 2 aromatic heterocycles. The smallest absolute Gasteiger partial charge is 0.160 e. The molecule has 2 nitrogen and oxygen atoms in total. The molecular weight excluding hydrogens is 841 g/mol. The van der Waals surface area contributed by atoms with Crippen LogP contribution in [-0.4, -0.2) is 9.97 Å². The van der Waals surface area contributed by atoms with Gasteiger partial charge in [0.25, 0.3) is 0 Å². The Hall–Kier alpha value is -8.50. The Kier molecular flexibility index (Phi) is 8.71. The highest BCUT2D eigenvalue weighted by Crippen LogP contribution is 2.64. The first-order valence-corrected chi connectivity index (χ1v) is 24.1. The van der Waals surface area contributed by atoms with E-state index in [1.54, 1.807) is 0 Å². The third kappa shape index (κ3) is 5.76. The Morgan fingerprint density at radius 2 is 0.750 bits per heavy atom. The molecule has 0 unspecified atom stereocenters. The number of thiophene rings is 1. The van der Waals surface area contributed by atoms with Crippen molar-refractivity contribution in [3.63, 3.8) is 0 Å². The predicted octanol–water partition coefficient (Wildman–Crippen LogP) is 17.2. The van der Waals surface area contributed by atoms with Gasteiger partial charge in [0.15, 0.2) is 5.82 Å². The van der Waals surface area contributed by atoms with Crippen LogP contribution in [-0.2, 0) is 5.41 Å². The van der Waals surface area contributed by atoms with E-state index in [2.05, 4.69) is 243 Å². The maximum Gasteiger partial charge on any atom is 0.160 e. The molecule has 316 valence electrons. The Morgan fingerprint density at radius 1 is 0.294 bits per heavy atom. The van der Waals surface area contributed by atoms with Gasteiger partial charge in [0.1, 0.15) is 0 Å². The van der Waals surface area contributed by atoms with Gasteiger partial charge in [-0.2, -0.15) is 0 Å². The number of fused-ring (bicyclic) bond motifs is 13. The van der Waals surface area contributed by atoms with Crippen LogP contribution in [0.25, 0.3) is 110 Å². The Bertz CT molecular complexity index is 3910. The predicted molar refractivity (Wildman–Crippen MR) is 284 cm³/mol. The second-order valence-corrected chi connectivity index (χ2v) is 19.0. The standard InChI is InChI=1S/C65H40N2S/c1-3-19-41(20-4-1)46-23-7-8-24-47(46)43-37-44(48-29-17-31-54-52-28-12-16-36-61(52)68-63(48)54)39-45(38-43)59-40-60(67-64(66-59)42-21-5-2-6-22-42)55-32-18-30-53-51-27-11-15-35-58(51)65(62(53)55)56-33-13-9-25-49(56)50-26-10-14-34-57(50)65/h1-40H. The summed E-state index contributed by atoms with van der Waals surface area (Å²) in [4.78, 5) is 11.1. The van der Waals surface area contributed by atoms with E-state index in [1.807, 2.05) is 11.3 Å². The van der Waals surface area contributed by atoms with Crippen LogP contribution in [0.1, 0.15) is 22.3 Å². The fourth-order valence-electron chi connectivity index (χ4n) is 11.5. The first kappa shape index (κ1) is 38.7. The van der Waals surface area contributed by atoms with Crippen molar-refractivity contribution in [2.45, 2.75) is 5.41 Å². The molecule has 1 spiro atoms. The topological polar surface area (TPSA) is 25.8 Å². The average Bonchev–Trinajstić information content (AvgIpc) is 4.06. The minimum absolute atomic E-state index is 0.537. The van der Waals surface area contributed by atoms with Crippen molar-refractivity contribution in [2.24, 2.45) is 0 Å². The van der Waals surface area contributed by atoms with Gasteiger partial charge < -0.3 is 0 Å². The molecule has 14 rings (SSSR count). The van der Waals surface area contributed by atoms with Gasteiger partial charge >= 0.3 is 0 Å². The van der Waals surface area contributed by atoms with Crippen LogP contribution >= 0.6 is 11.3 Å². The molecule has 0 saturated carbocycles. The van der Waals surface area contributed by atoms with E-state index >= 15 is 0 Å². The summed E-state index contributed by atoms with van der Waals surface area (Å²) in [6, 6.07) is 88.7. The summed E-state index contributed by atoms with van der Waals surface area (Å²) >= 11 is 1.87. The Morgan fingerprint density at radius 3 is 1.44 bits per heavy atom. The zero-order valence-corrected chi connectivity index (χ0v) is 37.7. The SMILES string of the molecule is c1ccc(-c2nc(-c3cc(-c4ccccc4-c4ccccc4)cc(-c4cccc5c4sc4ccccc45)c3)cc(-c3cccc4c3C3(c5ccccc5-c5ccccc53)c3ccccc3-4)n2)cc1. The van der Waals surface area contributed by atoms with Gasteiger partial charge in [0, 0.05) is 36.9 Å². The molecule has 0 fully saturated rings. The highest BCUT2D eigenvalue weighted by Gasteiger charge is 2.52. The monoisotopic (exact) mass is 880 g/mol. The van der Waals surface area contributed by atoms with Gasteiger partial charge in [0.2, 0.25) is 0 Å². The number of rotatable bonds is 6. The summed E-state index contributed by atoms with van der Waals surface area (Å²) in [5.41, 5.74) is 21.6. The second kappa shape index (κ2) is 15.3. The van der Waals surface area contributed by atoms with Crippen LogP contribution in [0.15, 0.2) is 243 Å². The van der Waals surface area contributed by atoms with E-state index in [-0.39, 0.29) is 0 Å². The summed E-state index contributed by atoms with van der Waals surface area (Å²) in [6.07, 6.45) is 0. The van der Waals surface area contributed by atoms with Crippen LogP contribution in [0.4, 0.5) is 0 Å². The van der Waals surface area contributed by atoms with Gasteiger partial charge in [-0.05, 0) is 108 Å². The van der Waals surface area contributed by atoms with Gasteiger partial charge in [-0.25, -0.2) is 9.97 Å². The molecule has 2 aliphatic rings. The molecule has 12 aromatic rings. The summed E-state index contributed by atoms with van der Waals surface area (Å²) in [5, 5.41) is 2.56. The molecule has 0 amide bonds. The summed E-state index contributed by atoms with van der Waals surface area (Å²) in [7, 11) is 0. The van der Waals surface area contributed by atoms with Crippen molar-refractivity contribution in [2.75, 3.05) is 0 Å².